The number of hydrogen-bond acceptors (Lipinski definition) is 3. The molecule has 1 heterocycles. The molecule has 1 amide bonds. The van der Waals surface area contributed by atoms with E-state index in [1.807, 2.05) is 36.4 Å². The van der Waals surface area contributed by atoms with Gasteiger partial charge < -0.3 is 5.32 Å². The van der Waals surface area contributed by atoms with Gasteiger partial charge in [0.2, 0.25) is 5.91 Å². The summed E-state index contributed by atoms with van der Waals surface area (Å²) in [6, 6.07) is 17.6. The van der Waals surface area contributed by atoms with Crippen LogP contribution in [0.5, 0.6) is 0 Å². The minimum atomic E-state index is -0.234. The number of carbonyl (C=O) groups is 1. The van der Waals surface area contributed by atoms with Crippen LogP contribution in [-0.2, 0) is 16.6 Å². The van der Waals surface area contributed by atoms with Crippen LogP contribution in [0, 0.1) is 0 Å². The van der Waals surface area contributed by atoms with Crippen LogP contribution in [0.25, 0.3) is 10.8 Å². The van der Waals surface area contributed by atoms with Crippen LogP contribution in [0.2, 0.25) is 0 Å². The molecule has 0 spiro atoms. The minimum Gasteiger partial charge on any atom is -0.355 e. The summed E-state index contributed by atoms with van der Waals surface area (Å²) < 4.78 is 0. The lowest BCUT2D eigenvalue weighted by Crippen LogP contribution is -2.46. The highest BCUT2D eigenvalue weighted by molar-refractivity contribution is 5.88. The van der Waals surface area contributed by atoms with Gasteiger partial charge in [0, 0.05) is 17.3 Å². The maximum atomic E-state index is 12.5. The predicted octanol–water partition coefficient (Wildman–Crippen LogP) is 2.70. The highest BCUT2D eigenvalue weighted by Gasteiger charge is 2.38. The number of nitrogens with zero attached hydrogens (tertiary/aromatic N) is 1. The van der Waals surface area contributed by atoms with E-state index in [-0.39, 0.29) is 23.3 Å². The number of benzene rings is 2. The molecule has 0 saturated heterocycles. The summed E-state index contributed by atoms with van der Waals surface area (Å²) in [4.78, 5) is 24.4. The molecule has 0 atom stereocenters. The molecule has 1 aliphatic rings. The number of rotatable bonds is 5. The zero-order valence-electron chi connectivity index (χ0n) is 14.5. The molecule has 2 N–H and O–H groups in total. The lowest BCUT2D eigenvalue weighted by atomic mass is 9.64. The molecule has 3 aromatic rings. The molecule has 0 aliphatic heterocycles. The first kappa shape index (κ1) is 16.5. The smallest absolute Gasteiger partial charge is 0.272 e. The van der Waals surface area contributed by atoms with Crippen LogP contribution >= 0.6 is 0 Å². The molecule has 1 aromatic heterocycles. The molecule has 0 bridgehead atoms. The van der Waals surface area contributed by atoms with Gasteiger partial charge >= 0.3 is 0 Å². The van der Waals surface area contributed by atoms with E-state index in [1.165, 1.54) is 12.0 Å². The number of nitrogens with one attached hydrogen (secondary N) is 2. The molecule has 5 nitrogen and oxygen atoms in total. The molecule has 0 radical (unpaired) electrons. The van der Waals surface area contributed by atoms with Gasteiger partial charge in [-0.05, 0) is 24.5 Å². The van der Waals surface area contributed by atoms with Gasteiger partial charge in [-0.25, -0.2) is 5.10 Å². The third-order valence-electron chi connectivity index (χ3n) is 5.42. The highest BCUT2D eigenvalue weighted by Crippen LogP contribution is 2.43. The van der Waals surface area contributed by atoms with E-state index in [4.69, 9.17) is 0 Å². The summed E-state index contributed by atoms with van der Waals surface area (Å²) in [5.74, 6) is -0.0723. The van der Waals surface area contributed by atoms with Crippen molar-refractivity contribution in [1.82, 2.24) is 15.5 Å². The molecule has 2 aromatic carbocycles. The van der Waals surface area contributed by atoms with E-state index in [9.17, 15) is 9.59 Å². The van der Waals surface area contributed by atoms with Crippen LogP contribution in [0.3, 0.4) is 0 Å². The second-order valence-corrected chi connectivity index (χ2v) is 7.00. The van der Waals surface area contributed by atoms with Crippen molar-refractivity contribution in [3.63, 3.8) is 0 Å². The summed E-state index contributed by atoms with van der Waals surface area (Å²) in [6.45, 7) is 0.636. The zero-order valence-corrected chi connectivity index (χ0v) is 14.5. The molecule has 132 valence electrons. The molecule has 26 heavy (non-hydrogen) atoms. The monoisotopic (exact) mass is 347 g/mol. The Kier molecular flexibility index (Phi) is 4.29. The normalized spacial score (nSPS) is 15.4. The first-order chi connectivity index (χ1) is 12.7. The van der Waals surface area contributed by atoms with Gasteiger partial charge in [0.15, 0.2) is 0 Å². The van der Waals surface area contributed by atoms with Crippen molar-refractivity contribution >= 4 is 16.7 Å². The molecule has 4 rings (SSSR count). The van der Waals surface area contributed by atoms with Crippen LogP contribution in [-0.4, -0.2) is 22.6 Å². The molecule has 1 saturated carbocycles. The average molecular weight is 347 g/mol. The SMILES string of the molecule is O=C(Cc1n[nH]c(=O)c2ccccc12)NCC1(c2ccccc2)CCC1. The van der Waals surface area contributed by atoms with Gasteiger partial charge in [0.1, 0.15) is 0 Å². The lowest BCUT2D eigenvalue weighted by molar-refractivity contribution is -0.120. The standard InChI is InChI=1S/C21H21N3O2/c25-19(13-18-16-9-4-5-10-17(16)20(26)24-23-18)22-14-21(11-6-12-21)15-7-2-1-3-8-15/h1-5,7-10H,6,11-14H2,(H,22,25)(H,24,26). The third kappa shape index (κ3) is 3.01. The number of aromatic nitrogens is 2. The Labute approximate surface area is 151 Å². The van der Waals surface area contributed by atoms with Crippen LogP contribution in [0.4, 0.5) is 0 Å². The number of aromatic amines is 1. The van der Waals surface area contributed by atoms with Gasteiger partial charge in [0.25, 0.3) is 5.56 Å². The number of amides is 1. The Morgan fingerprint density at radius 1 is 1.04 bits per heavy atom. The Hall–Kier alpha value is -2.95. The quantitative estimate of drug-likeness (QED) is 0.745. The van der Waals surface area contributed by atoms with Gasteiger partial charge in [-0.15, -0.1) is 0 Å². The molecule has 1 fully saturated rings. The van der Waals surface area contributed by atoms with E-state index >= 15 is 0 Å². The van der Waals surface area contributed by atoms with Gasteiger partial charge in [-0.1, -0.05) is 55.0 Å². The number of H-pyrrole nitrogens is 1. The number of carbonyl (C=O) groups excluding carboxylic acids is 1. The fourth-order valence-electron chi connectivity index (χ4n) is 3.75. The van der Waals surface area contributed by atoms with Crippen LogP contribution in [0.1, 0.15) is 30.5 Å². The fraction of sp³-hybridized carbons (Fsp3) is 0.286. The third-order valence-corrected chi connectivity index (χ3v) is 5.42. The summed E-state index contributed by atoms with van der Waals surface area (Å²) in [7, 11) is 0. The number of fused-ring (bicyclic) bond motifs is 1. The van der Waals surface area contributed by atoms with E-state index in [0.717, 1.165) is 18.2 Å². The summed E-state index contributed by atoms with van der Waals surface area (Å²) in [6.07, 6.45) is 3.54. The zero-order chi connectivity index (χ0) is 18.0. The van der Waals surface area contributed by atoms with Crippen molar-refractivity contribution in [1.29, 1.82) is 0 Å². The minimum absolute atomic E-state index is 0.0530. The second-order valence-electron chi connectivity index (χ2n) is 7.00. The Bertz CT molecular complexity index is 991. The largest absolute Gasteiger partial charge is 0.355 e. The molecule has 5 heteroatoms. The fourth-order valence-corrected chi connectivity index (χ4v) is 3.75. The maximum absolute atomic E-state index is 12.5. The van der Waals surface area contributed by atoms with Crippen LogP contribution in [0.15, 0.2) is 59.4 Å². The Morgan fingerprint density at radius 3 is 2.42 bits per heavy atom. The van der Waals surface area contributed by atoms with E-state index in [1.54, 1.807) is 6.07 Å². The van der Waals surface area contributed by atoms with Gasteiger partial charge in [-0.2, -0.15) is 5.10 Å². The first-order valence-corrected chi connectivity index (χ1v) is 8.96. The summed E-state index contributed by atoms with van der Waals surface area (Å²) >= 11 is 0. The van der Waals surface area contributed by atoms with Gasteiger partial charge in [-0.3, -0.25) is 9.59 Å². The average Bonchev–Trinajstić information content (AvgIpc) is 2.64. The lowest BCUT2D eigenvalue weighted by Gasteiger charge is -2.42. The summed E-state index contributed by atoms with van der Waals surface area (Å²) in [5, 5.41) is 10.9. The van der Waals surface area contributed by atoms with E-state index in [2.05, 4.69) is 27.6 Å². The van der Waals surface area contributed by atoms with Crippen molar-refractivity contribution < 1.29 is 4.79 Å². The van der Waals surface area contributed by atoms with Gasteiger partial charge in [0.05, 0.1) is 17.5 Å². The van der Waals surface area contributed by atoms with Crippen molar-refractivity contribution in [2.45, 2.75) is 31.1 Å². The summed E-state index contributed by atoms with van der Waals surface area (Å²) in [5.41, 5.74) is 1.71. The Morgan fingerprint density at radius 2 is 1.73 bits per heavy atom. The predicted molar refractivity (Wildman–Crippen MR) is 101 cm³/mol. The highest BCUT2D eigenvalue weighted by atomic mass is 16.1. The van der Waals surface area contributed by atoms with Crippen LogP contribution < -0.4 is 10.9 Å². The second kappa shape index (κ2) is 6.75. The molecular weight excluding hydrogens is 326 g/mol. The topological polar surface area (TPSA) is 74.8 Å². The maximum Gasteiger partial charge on any atom is 0.272 e. The van der Waals surface area contributed by atoms with Crippen molar-refractivity contribution in [3.8, 4) is 0 Å². The first-order valence-electron chi connectivity index (χ1n) is 8.96. The van der Waals surface area contributed by atoms with Crippen molar-refractivity contribution in [2.24, 2.45) is 0 Å². The van der Waals surface area contributed by atoms with E-state index in [0.29, 0.717) is 17.6 Å². The Balaban J connectivity index is 1.48. The van der Waals surface area contributed by atoms with Crippen molar-refractivity contribution in [2.75, 3.05) is 6.54 Å². The van der Waals surface area contributed by atoms with E-state index < -0.39 is 0 Å². The molecular formula is C21H21N3O2. The number of hydrogen-bond donors (Lipinski definition) is 2. The molecule has 0 unspecified atom stereocenters. The van der Waals surface area contributed by atoms with Crippen molar-refractivity contribution in [3.05, 3.63) is 76.2 Å². The molecule has 1 aliphatic carbocycles.